The molecule has 17 heavy (non-hydrogen) atoms. The smallest absolute Gasteiger partial charge is 0.307 e. The van der Waals surface area contributed by atoms with E-state index in [0.717, 1.165) is 5.56 Å². The van der Waals surface area contributed by atoms with Crippen molar-refractivity contribution in [3.63, 3.8) is 0 Å². The molecule has 0 aliphatic rings. The highest BCUT2D eigenvalue weighted by Gasteiger charge is 2.18. The highest BCUT2D eigenvalue weighted by Crippen LogP contribution is 2.39. The molecule has 1 aromatic rings. The molecule has 0 aromatic heterocycles. The molecule has 0 amide bonds. The van der Waals surface area contributed by atoms with Crippen molar-refractivity contribution < 1.29 is 19.4 Å². The Morgan fingerprint density at radius 1 is 1.41 bits per heavy atom. The number of carbonyl (C=O) groups is 1. The number of rotatable bonds is 5. The van der Waals surface area contributed by atoms with E-state index in [4.69, 9.17) is 26.2 Å². The predicted octanol–water partition coefficient (Wildman–Crippen LogP) is 2.55. The molecular weight excluding hydrogens is 244 g/mol. The lowest BCUT2D eigenvalue weighted by Gasteiger charge is -2.15. The van der Waals surface area contributed by atoms with E-state index in [1.807, 2.05) is 6.92 Å². The van der Waals surface area contributed by atoms with Gasteiger partial charge in [0.05, 0.1) is 25.7 Å². The fourth-order valence-electron chi connectivity index (χ4n) is 1.74. The first-order valence-corrected chi connectivity index (χ1v) is 5.56. The summed E-state index contributed by atoms with van der Waals surface area (Å²) in [5, 5.41) is 9.27. The maximum absolute atomic E-state index is 10.8. The molecule has 94 valence electrons. The molecule has 0 saturated heterocycles. The van der Waals surface area contributed by atoms with Gasteiger partial charge in [0.1, 0.15) is 0 Å². The van der Waals surface area contributed by atoms with Crippen molar-refractivity contribution in [3.8, 4) is 11.5 Å². The molecule has 0 aliphatic carbocycles. The van der Waals surface area contributed by atoms with Crippen LogP contribution in [0.4, 0.5) is 0 Å². The number of benzene rings is 1. The quantitative estimate of drug-likeness (QED) is 0.882. The SMILES string of the molecule is CCc1c(CC(=O)O)cc(OC)c(OC)c1Cl. The number of hydrogen-bond donors (Lipinski definition) is 1. The van der Waals surface area contributed by atoms with E-state index in [1.54, 1.807) is 6.07 Å². The lowest BCUT2D eigenvalue weighted by atomic mass is 10.0. The molecule has 0 heterocycles. The Morgan fingerprint density at radius 3 is 2.47 bits per heavy atom. The summed E-state index contributed by atoms with van der Waals surface area (Å²) in [6, 6.07) is 1.66. The zero-order valence-corrected chi connectivity index (χ0v) is 10.8. The third kappa shape index (κ3) is 2.82. The molecule has 0 bridgehead atoms. The van der Waals surface area contributed by atoms with Gasteiger partial charge < -0.3 is 14.6 Å². The second kappa shape index (κ2) is 5.77. The number of methoxy groups -OCH3 is 2. The summed E-state index contributed by atoms with van der Waals surface area (Å²) >= 11 is 6.18. The van der Waals surface area contributed by atoms with Crippen molar-refractivity contribution in [2.75, 3.05) is 14.2 Å². The maximum atomic E-state index is 10.8. The number of hydrogen-bond acceptors (Lipinski definition) is 3. The predicted molar refractivity (Wildman–Crippen MR) is 65.3 cm³/mol. The third-order valence-electron chi connectivity index (χ3n) is 2.50. The topological polar surface area (TPSA) is 55.8 Å². The van der Waals surface area contributed by atoms with Crippen LogP contribution >= 0.6 is 11.6 Å². The van der Waals surface area contributed by atoms with E-state index in [0.29, 0.717) is 28.5 Å². The van der Waals surface area contributed by atoms with E-state index < -0.39 is 5.97 Å². The molecule has 0 radical (unpaired) electrons. The number of halogens is 1. The number of carboxylic acid groups (broad SMARTS) is 1. The fourth-order valence-corrected chi connectivity index (χ4v) is 2.17. The van der Waals surface area contributed by atoms with E-state index in [1.165, 1.54) is 14.2 Å². The summed E-state index contributed by atoms with van der Waals surface area (Å²) in [5.74, 6) is -0.00547. The molecule has 0 atom stereocenters. The van der Waals surface area contributed by atoms with Crippen LogP contribution in [0.2, 0.25) is 5.02 Å². The summed E-state index contributed by atoms with van der Waals surface area (Å²) in [4.78, 5) is 10.8. The Hall–Kier alpha value is -1.42. The minimum atomic E-state index is -0.900. The average Bonchev–Trinajstić information content (AvgIpc) is 2.28. The molecule has 1 aromatic carbocycles. The number of ether oxygens (including phenoxy) is 2. The minimum Gasteiger partial charge on any atom is -0.493 e. The molecule has 4 nitrogen and oxygen atoms in total. The molecule has 0 spiro atoms. The summed E-state index contributed by atoms with van der Waals surface area (Å²) in [6.45, 7) is 1.92. The lowest BCUT2D eigenvalue weighted by Crippen LogP contribution is -2.05. The highest BCUT2D eigenvalue weighted by molar-refractivity contribution is 6.33. The van der Waals surface area contributed by atoms with E-state index in [2.05, 4.69) is 0 Å². The first-order chi connectivity index (χ1) is 8.04. The minimum absolute atomic E-state index is 0.0801. The summed E-state index contributed by atoms with van der Waals surface area (Å²) in [6.07, 6.45) is 0.561. The Bertz CT molecular complexity index is 429. The monoisotopic (exact) mass is 258 g/mol. The zero-order valence-electron chi connectivity index (χ0n) is 10.0. The van der Waals surface area contributed by atoms with Gasteiger partial charge >= 0.3 is 5.97 Å². The molecule has 1 rings (SSSR count). The maximum Gasteiger partial charge on any atom is 0.307 e. The van der Waals surface area contributed by atoms with Gasteiger partial charge in [0.15, 0.2) is 11.5 Å². The van der Waals surface area contributed by atoms with Gasteiger partial charge in [-0.2, -0.15) is 0 Å². The molecule has 0 unspecified atom stereocenters. The number of aliphatic carboxylic acids is 1. The first kappa shape index (κ1) is 13.6. The summed E-state index contributed by atoms with van der Waals surface area (Å²) < 4.78 is 10.3. The number of carboxylic acids is 1. The van der Waals surface area contributed by atoms with Gasteiger partial charge in [-0.3, -0.25) is 4.79 Å². The second-order valence-electron chi connectivity index (χ2n) is 3.49. The van der Waals surface area contributed by atoms with Gasteiger partial charge in [0, 0.05) is 0 Å². The van der Waals surface area contributed by atoms with Crippen LogP contribution in [0.15, 0.2) is 6.07 Å². The Labute approximate surface area is 105 Å². The van der Waals surface area contributed by atoms with Crippen LogP contribution in [0.25, 0.3) is 0 Å². The Morgan fingerprint density at radius 2 is 2.06 bits per heavy atom. The van der Waals surface area contributed by atoms with Gasteiger partial charge in [-0.05, 0) is 23.6 Å². The van der Waals surface area contributed by atoms with E-state index in [-0.39, 0.29) is 6.42 Å². The summed E-state index contributed by atoms with van der Waals surface area (Å²) in [5.41, 5.74) is 1.44. The van der Waals surface area contributed by atoms with E-state index >= 15 is 0 Å². The molecular formula is C12H15ClO4. The zero-order chi connectivity index (χ0) is 13.0. The summed E-state index contributed by atoms with van der Waals surface area (Å²) in [7, 11) is 2.99. The van der Waals surface area contributed by atoms with Crippen molar-refractivity contribution in [2.24, 2.45) is 0 Å². The first-order valence-electron chi connectivity index (χ1n) is 5.19. The van der Waals surface area contributed by atoms with Gasteiger partial charge in [-0.1, -0.05) is 18.5 Å². The van der Waals surface area contributed by atoms with Gasteiger partial charge in [-0.15, -0.1) is 0 Å². The standard InChI is InChI=1S/C12H15ClO4/c1-4-8-7(6-10(14)15)5-9(16-2)12(17-3)11(8)13/h5H,4,6H2,1-3H3,(H,14,15). The normalized spacial score (nSPS) is 10.1. The van der Waals surface area contributed by atoms with Gasteiger partial charge in [0.25, 0.3) is 0 Å². The van der Waals surface area contributed by atoms with Crippen LogP contribution < -0.4 is 9.47 Å². The van der Waals surface area contributed by atoms with Crippen molar-refractivity contribution in [3.05, 3.63) is 22.2 Å². The van der Waals surface area contributed by atoms with Crippen LogP contribution in [0, 0.1) is 0 Å². The molecule has 0 fully saturated rings. The third-order valence-corrected chi connectivity index (χ3v) is 2.90. The van der Waals surface area contributed by atoms with Gasteiger partial charge in [0.2, 0.25) is 0 Å². The second-order valence-corrected chi connectivity index (χ2v) is 3.87. The molecule has 1 N–H and O–H groups in total. The molecule has 5 heteroatoms. The fraction of sp³-hybridized carbons (Fsp3) is 0.417. The van der Waals surface area contributed by atoms with Crippen LogP contribution in [-0.2, 0) is 17.6 Å². The van der Waals surface area contributed by atoms with Crippen molar-refractivity contribution in [2.45, 2.75) is 19.8 Å². The lowest BCUT2D eigenvalue weighted by molar-refractivity contribution is -0.136. The Kier molecular flexibility index (Phi) is 4.63. The van der Waals surface area contributed by atoms with Gasteiger partial charge in [-0.25, -0.2) is 0 Å². The Balaban J connectivity index is 3.39. The van der Waals surface area contributed by atoms with Crippen LogP contribution in [0.5, 0.6) is 11.5 Å². The average molecular weight is 259 g/mol. The van der Waals surface area contributed by atoms with Crippen molar-refractivity contribution in [1.82, 2.24) is 0 Å². The van der Waals surface area contributed by atoms with Crippen LogP contribution in [0.1, 0.15) is 18.1 Å². The largest absolute Gasteiger partial charge is 0.493 e. The van der Waals surface area contributed by atoms with Crippen molar-refractivity contribution >= 4 is 17.6 Å². The van der Waals surface area contributed by atoms with Crippen LogP contribution in [0.3, 0.4) is 0 Å². The molecule has 0 aliphatic heterocycles. The molecule has 0 saturated carbocycles. The highest BCUT2D eigenvalue weighted by atomic mass is 35.5. The van der Waals surface area contributed by atoms with Crippen LogP contribution in [-0.4, -0.2) is 25.3 Å². The van der Waals surface area contributed by atoms with Crippen molar-refractivity contribution in [1.29, 1.82) is 0 Å². The van der Waals surface area contributed by atoms with E-state index in [9.17, 15) is 4.79 Å².